The average molecular weight is 285 g/mol. The molecule has 0 radical (unpaired) electrons. The lowest BCUT2D eigenvalue weighted by Gasteiger charge is -2.00. The van der Waals surface area contributed by atoms with E-state index in [1.807, 2.05) is 12.1 Å². The molecule has 0 atom stereocenters. The Kier molecular flexibility index (Phi) is 4.06. The number of nitrogens with zero attached hydrogens (tertiary/aromatic N) is 1. The Hall–Kier alpha value is -1.02. The van der Waals surface area contributed by atoms with Crippen molar-refractivity contribution in [1.82, 2.24) is 0 Å². The minimum absolute atomic E-state index is 0.398. The van der Waals surface area contributed by atoms with Gasteiger partial charge in [0.1, 0.15) is 5.17 Å². The van der Waals surface area contributed by atoms with E-state index in [2.05, 4.69) is 4.99 Å². The van der Waals surface area contributed by atoms with Gasteiger partial charge in [0.25, 0.3) is 0 Å². The third-order valence-corrected chi connectivity index (χ3v) is 2.91. The lowest BCUT2D eigenvalue weighted by Crippen LogP contribution is -1.89. The monoisotopic (exact) mass is 283 g/mol. The molecule has 17 heavy (non-hydrogen) atoms. The van der Waals surface area contributed by atoms with E-state index >= 15 is 0 Å². The van der Waals surface area contributed by atoms with Crippen molar-refractivity contribution in [2.24, 2.45) is 4.99 Å². The van der Waals surface area contributed by atoms with Crippen LogP contribution in [0.5, 0.6) is 0 Å². The molecule has 0 aliphatic carbocycles. The molecule has 0 aliphatic heterocycles. The zero-order chi connectivity index (χ0) is 12.3. The van der Waals surface area contributed by atoms with Gasteiger partial charge in [-0.1, -0.05) is 46.9 Å². The van der Waals surface area contributed by atoms with Gasteiger partial charge in [-0.25, -0.2) is 4.99 Å². The second-order valence-electron chi connectivity index (χ2n) is 3.39. The minimum Gasteiger partial charge on any atom is -0.236 e. The molecule has 0 unspecified atom stereocenters. The molecule has 0 fully saturated rings. The highest BCUT2D eigenvalue weighted by Crippen LogP contribution is 2.20. The van der Waals surface area contributed by atoms with Crippen molar-refractivity contribution >= 4 is 45.7 Å². The van der Waals surface area contributed by atoms with Crippen LogP contribution in [0.3, 0.4) is 0 Å². The summed E-state index contributed by atoms with van der Waals surface area (Å²) in [5, 5.41) is 1.70. The summed E-state index contributed by atoms with van der Waals surface area (Å²) in [6, 6.07) is 14.4. The maximum atomic E-state index is 6.11. The van der Waals surface area contributed by atoms with Gasteiger partial charge in [-0.2, -0.15) is 0 Å². The fraction of sp³-hybridized carbons (Fsp3) is 0. The van der Waals surface area contributed by atoms with Crippen molar-refractivity contribution in [3.8, 4) is 0 Å². The second-order valence-corrected chi connectivity index (χ2v) is 4.62. The molecule has 0 bridgehead atoms. The number of hydrogen-bond donors (Lipinski definition) is 0. The number of benzene rings is 2. The first-order chi connectivity index (χ1) is 8.15. The number of hydrogen-bond acceptors (Lipinski definition) is 1. The standard InChI is InChI=1S/C13H8Cl3N/c14-10-4-6-12(7-5-10)17-13(16)9-2-1-3-11(15)8-9/h1-8H. The van der Waals surface area contributed by atoms with Crippen LogP contribution in [0.25, 0.3) is 0 Å². The van der Waals surface area contributed by atoms with Crippen LogP contribution in [0.1, 0.15) is 5.56 Å². The number of halogens is 3. The summed E-state index contributed by atoms with van der Waals surface area (Å²) in [6.45, 7) is 0. The Morgan fingerprint density at radius 2 is 1.59 bits per heavy atom. The lowest BCUT2D eigenvalue weighted by atomic mass is 10.2. The Bertz CT molecular complexity index is 547. The van der Waals surface area contributed by atoms with E-state index in [0.29, 0.717) is 15.2 Å². The normalized spacial score (nSPS) is 11.6. The number of rotatable bonds is 2. The van der Waals surface area contributed by atoms with Gasteiger partial charge in [0.2, 0.25) is 0 Å². The molecule has 0 amide bonds. The molecule has 2 aromatic carbocycles. The van der Waals surface area contributed by atoms with Gasteiger partial charge >= 0.3 is 0 Å². The molecule has 0 aromatic heterocycles. The van der Waals surface area contributed by atoms with E-state index in [-0.39, 0.29) is 0 Å². The summed E-state index contributed by atoms with van der Waals surface area (Å²) < 4.78 is 0. The average Bonchev–Trinajstić information content (AvgIpc) is 2.32. The van der Waals surface area contributed by atoms with Gasteiger partial charge in [-0.15, -0.1) is 0 Å². The van der Waals surface area contributed by atoms with Crippen LogP contribution < -0.4 is 0 Å². The zero-order valence-corrected chi connectivity index (χ0v) is 11.0. The first-order valence-corrected chi connectivity index (χ1v) is 6.04. The molecule has 0 saturated heterocycles. The van der Waals surface area contributed by atoms with Gasteiger partial charge in [0.15, 0.2) is 0 Å². The lowest BCUT2D eigenvalue weighted by molar-refractivity contribution is 1.52. The third kappa shape index (κ3) is 3.47. The summed E-state index contributed by atoms with van der Waals surface area (Å²) in [4.78, 5) is 4.28. The van der Waals surface area contributed by atoms with Crippen LogP contribution in [-0.2, 0) is 0 Å². The van der Waals surface area contributed by atoms with E-state index in [9.17, 15) is 0 Å². The highest BCUT2D eigenvalue weighted by atomic mass is 35.5. The molecule has 86 valence electrons. The van der Waals surface area contributed by atoms with Gasteiger partial charge < -0.3 is 0 Å². The number of aliphatic imine (C=N–C) groups is 1. The quantitative estimate of drug-likeness (QED) is 0.663. The molecule has 0 heterocycles. The molecule has 0 saturated carbocycles. The topological polar surface area (TPSA) is 12.4 Å². The fourth-order valence-electron chi connectivity index (χ4n) is 1.31. The largest absolute Gasteiger partial charge is 0.236 e. The van der Waals surface area contributed by atoms with Crippen molar-refractivity contribution < 1.29 is 0 Å². The van der Waals surface area contributed by atoms with Crippen LogP contribution in [-0.4, -0.2) is 5.17 Å². The van der Waals surface area contributed by atoms with Crippen LogP contribution in [0.15, 0.2) is 53.5 Å². The predicted octanol–water partition coefficient (Wildman–Crippen LogP) is 5.31. The molecular weight excluding hydrogens is 277 g/mol. The SMILES string of the molecule is ClC(=Nc1ccc(Cl)cc1)c1cccc(Cl)c1. The predicted molar refractivity (Wildman–Crippen MR) is 75.0 cm³/mol. The highest BCUT2D eigenvalue weighted by Gasteiger charge is 2.01. The van der Waals surface area contributed by atoms with Crippen molar-refractivity contribution in [3.63, 3.8) is 0 Å². The van der Waals surface area contributed by atoms with Crippen molar-refractivity contribution in [1.29, 1.82) is 0 Å². The van der Waals surface area contributed by atoms with Gasteiger partial charge in [0.05, 0.1) is 5.69 Å². The van der Waals surface area contributed by atoms with Gasteiger partial charge in [-0.3, -0.25) is 0 Å². The molecule has 0 aliphatic rings. The highest BCUT2D eigenvalue weighted by molar-refractivity contribution is 6.69. The van der Waals surface area contributed by atoms with E-state index < -0.39 is 0 Å². The molecule has 2 rings (SSSR count). The van der Waals surface area contributed by atoms with E-state index in [1.165, 1.54) is 0 Å². The maximum absolute atomic E-state index is 6.11. The Labute approximate surface area is 115 Å². The van der Waals surface area contributed by atoms with E-state index in [0.717, 1.165) is 11.3 Å². The van der Waals surface area contributed by atoms with Crippen LogP contribution in [0.4, 0.5) is 5.69 Å². The van der Waals surface area contributed by atoms with Crippen LogP contribution in [0, 0.1) is 0 Å². The first-order valence-electron chi connectivity index (χ1n) is 4.91. The summed E-state index contributed by atoms with van der Waals surface area (Å²) in [5.41, 5.74) is 1.54. The third-order valence-electron chi connectivity index (χ3n) is 2.12. The molecule has 0 spiro atoms. The Morgan fingerprint density at radius 1 is 0.882 bits per heavy atom. The van der Waals surface area contributed by atoms with Crippen LogP contribution >= 0.6 is 34.8 Å². The van der Waals surface area contributed by atoms with Crippen molar-refractivity contribution in [2.75, 3.05) is 0 Å². The van der Waals surface area contributed by atoms with E-state index in [4.69, 9.17) is 34.8 Å². The fourth-order valence-corrected chi connectivity index (χ4v) is 1.84. The Balaban J connectivity index is 2.30. The zero-order valence-electron chi connectivity index (χ0n) is 8.70. The smallest absolute Gasteiger partial charge is 0.136 e. The van der Waals surface area contributed by atoms with Crippen molar-refractivity contribution in [2.45, 2.75) is 0 Å². The molecule has 2 aromatic rings. The minimum atomic E-state index is 0.398. The first kappa shape index (κ1) is 12.4. The second kappa shape index (κ2) is 5.54. The summed E-state index contributed by atoms with van der Waals surface area (Å²) >= 11 is 17.8. The maximum Gasteiger partial charge on any atom is 0.136 e. The molecule has 1 nitrogen and oxygen atoms in total. The molecule has 0 N–H and O–H groups in total. The van der Waals surface area contributed by atoms with Crippen molar-refractivity contribution in [3.05, 3.63) is 64.1 Å². The van der Waals surface area contributed by atoms with Gasteiger partial charge in [-0.05, 0) is 36.4 Å². The molecular formula is C13H8Cl3N. The summed E-state index contributed by atoms with van der Waals surface area (Å²) in [5.74, 6) is 0. The summed E-state index contributed by atoms with van der Waals surface area (Å²) in [6.07, 6.45) is 0. The summed E-state index contributed by atoms with van der Waals surface area (Å²) in [7, 11) is 0. The van der Waals surface area contributed by atoms with E-state index in [1.54, 1.807) is 36.4 Å². The van der Waals surface area contributed by atoms with Gasteiger partial charge in [0, 0.05) is 15.6 Å². The Morgan fingerprint density at radius 3 is 2.24 bits per heavy atom. The molecule has 4 heteroatoms. The van der Waals surface area contributed by atoms with Crippen LogP contribution in [0.2, 0.25) is 10.0 Å².